The maximum absolute atomic E-state index is 13.2. The average molecular weight is 447 g/mol. The lowest BCUT2D eigenvalue weighted by Crippen LogP contribution is -2.19. The Kier molecular flexibility index (Phi) is 5.23. The topological polar surface area (TPSA) is 132 Å². The molecule has 166 valence electrons. The molecular formula is C21H18FN9O2. The van der Waals surface area contributed by atoms with E-state index in [1.807, 2.05) is 18.2 Å². The van der Waals surface area contributed by atoms with Gasteiger partial charge in [-0.2, -0.15) is 0 Å². The molecule has 1 aromatic carbocycles. The fraction of sp³-hybridized carbons (Fsp3) is 0.143. The number of carbonyl (C=O) groups is 1. The van der Waals surface area contributed by atoms with E-state index in [2.05, 4.69) is 41.4 Å². The van der Waals surface area contributed by atoms with E-state index in [1.165, 1.54) is 25.4 Å². The molecule has 0 radical (unpaired) electrons. The van der Waals surface area contributed by atoms with Gasteiger partial charge in [0.2, 0.25) is 0 Å². The number of pyridine rings is 2. The normalized spacial score (nSPS) is 12.1. The number of benzene rings is 1. The SMILES string of the molecule is CNC(=O)c1cnc(Nc2ccc(F)cn2)cc1Nc1cccc2c1OCCn1nnnc1-2. The van der Waals surface area contributed by atoms with E-state index < -0.39 is 5.82 Å². The highest BCUT2D eigenvalue weighted by molar-refractivity contribution is 6.00. The third-order valence-corrected chi connectivity index (χ3v) is 4.97. The first kappa shape index (κ1) is 20.3. The predicted molar refractivity (Wildman–Crippen MR) is 117 cm³/mol. The standard InChI is InChI=1S/C21H18FN9O2/c1-23-21(32)14-11-25-18(27-17-6-5-12(22)10-24-17)9-16(14)26-15-4-2-3-13-19(15)33-8-7-31-20(13)28-29-30-31/h2-6,9-11H,7-8H2,1H3,(H,23,32)(H2,24,25,26,27). The van der Waals surface area contributed by atoms with Crippen molar-refractivity contribution in [3.05, 3.63) is 60.2 Å². The minimum atomic E-state index is -0.443. The van der Waals surface area contributed by atoms with Gasteiger partial charge in [0.25, 0.3) is 5.91 Å². The minimum Gasteiger partial charge on any atom is -0.489 e. The lowest BCUT2D eigenvalue weighted by Gasteiger charge is -2.17. The van der Waals surface area contributed by atoms with Gasteiger partial charge in [-0.1, -0.05) is 6.07 Å². The van der Waals surface area contributed by atoms with E-state index in [0.717, 1.165) is 11.8 Å². The number of carbonyl (C=O) groups excluding carboxylic acids is 1. The fourth-order valence-corrected chi connectivity index (χ4v) is 3.42. The lowest BCUT2D eigenvalue weighted by atomic mass is 10.1. The van der Waals surface area contributed by atoms with Gasteiger partial charge in [-0.25, -0.2) is 19.0 Å². The molecular weight excluding hydrogens is 429 g/mol. The van der Waals surface area contributed by atoms with Crippen molar-refractivity contribution in [2.45, 2.75) is 6.54 Å². The van der Waals surface area contributed by atoms with Crippen molar-refractivity contribution in [2.75, 3.05) is 24.3 Å². The van der Waals surface area contributed by atoms with Gasteiger partial charge < -0.3 is 20.7 Å². The van der Waals surface area contributed by atoms with Crippen LogP contribution in [-0.2, 0) is 6.54 Å². The van der Waals surface area contributed by atoms with Crippen LogP contribution in [0.2, 0.25) is 0 Å². The Morgan fingerprint density at radius 2 is 1.97 bits per heavy atom. The summed E-state index contributed by atoms with van der Waals surface area (Å²) in [6.07, 6.45) is 2.54. The maximum Gasteiger partial charge on any atom is 0.254 e. The van der Waals surface area contributed by atoms with Crippen molar-refractivity contribution in [1.29, 1.82) is 0 Å². The van der Waals surface area contributed by atoms with E-state index in [9.17, 15) is 9.18 Å². The van der Waals surface area contributed by atoms with E-state index in [0.29, 0.717) is 53.3 Å². The molecule has 3 N–H and O–H groups in total. The van der Waals surface area contributed by atoms with Crippen molar-refractivity contribution in [3.8, 4) is 17.1 Å². The largest absolute Gasteiger partial charge is 0.489 e. The fourth-order valence-electron chi connectivity index (χ4n) is 3.42. The van der Waals surface area contributed by atoms with Gasteiger partial charge in [0.05, 0.1) is 35.2 Å². The summed E-state index contributed by atoms with van der Waals surface area (Å²) < 4.78 is 20.8. The molecule has 1 aliphatic rings. The molecule has 0 bridgehead atoms. The van der Waals surface area contributed by atoms with Gasteiger partial charge >= 0.3 is 0 Å². The smallest absolute Gasteiger partial charge is 0.254 e. The summed E-state index contributed by atoms with van der Waals surface area (Å²) >= 11 is 0. The van der Waals surface area contributed by atoms with Crippen molar-refractivity contribution >= 4 is 28.9 Å². The number of anilines is 4. The zero-order valence-corrected chi connectivity index (χ0v) is 17.4. The summed E-state index contributed by atoms with van der Waals surface area (Å²) in [6, 6.07) is 9.99. The number of rotatable bonds is 5. The molecule has 4 aromatic rings. The predicted octanol–water partition coefficient (Wildman–Crippen LogP) is 2.51. The van der Waals surface area contributed by atoms with Gasteiger partial charge in [0.15, 0.2) is 11.6 Å². The number of fused-ring (bicyclic) bond motifs is 3. The molecule has 33 heavy (non-hydrogen) atoms. The summed E-state index contributed by atoms with van der Waals surface area (Å²) in [4.78, 5) is 20.7. The highest BCUT2D eigenvalue weighted by Crippen LogP contribution is 2.39. The maximum atomic E-state index is 13.2. The number of nitrogens with one attached hydrogen (secondary N) is 3. The number of para-hydroxylation sites is 1. The molecule has 0 spiro atoms. The molecule has 11 nitrogen and oxygen atoms in total. The molecule has 3 aromatic heterocycles. The average Bonchev–Trinajstić information content (AvgIpc) is 3.22. The second-order valence-corrected chi connectivity index (χ2v) is 7.06. The van der Waals surface area contributed by atoms with Gasteiger partial charge in [0.1, 0.15) is 24.1 Å². The number of aromatic nitrogens is 6. The molecule has 1 amide bonds. The number of halogens is 1. The van der Waals surface area contributed by atoms with Crippen LogP contribution in [0.15, 0.2) is 48.8 Å². The van der Waals surface area contributed by atoms with Gasteiger partial charge in [-0.15, -0.1) is 5.10 Å². The van der Waals surface area contributed by atoms with Crippen molar-refractivity contribution in [2.24, 2.45) is 0 Å². The number of nitrogens with zero attached hydrogens (tertiary/aromatic N) is 6. The number of hydrogen-bond acceptors (Lipinski definition) is 9. The summed E-state index contributed by atoms with van der Waals surface area (Å²) in [5.41, 5.74) is 2.17. The van der Waals surface area contributed by atoms with Gasteiger partial charge in [-0.3, -0.25) is 4.79 Å². The zero-order valence-electron chi connectivity index (χ0n) is 17.4. The first-order valence-corrected chi connectivity index (χ1v) is 10.0. The van der Waals surface area contributed by atoms with Crippen LogP contribution in [0.5, 0.6) is 5.75 Å². The van der Waals surface area contributed by atoms with Crippen LogP contribution >= 0.6 is 0 Å². The van der Waals surface area contributed by atoms with E-state index in [1.54, 1.807) is 10.7 Å². The summed E-state index contributed by atoms with van der Waals surface area (Å²) in [6.45, 7) is 0.888. The monoisotopic (exact) mass is 447 g/mol. The molecule has 0 fully saturated rings. The third-order valence-electron chi connectivity index (χ3n) is 4.97. The van der Waals surface area contributed by atoms with Crippen molar-refractivity contribution < 1.29 is 13.9 Å². The molecule has 4 heterocycles. The third kappa shape index (κ3) is 4.01. The lowest BCUT2D eigenvalue weighted by molar-refractivity contribution is 0.0963. The molecule has 5 rings (SSSR count). The Morgan fingerprint density at radius 3 is 2.79 bits per heavy atom. The molecule has 1 aliphatic heterocycles. The van der Waals surface area contributed by atoms with E-state index in [-0.39, 0.29) is 5.91 Å². The Labute approximate surface area is 187 Å². The first-order chi connectivity index (χ1) is 16.1. The Bertz CT molecular complexity index is 1320. The van der Waals surface area contributed by atoms with Gasteiger partial charge in [-0.05, 0) is 34.7 Å². The minimum absolute atomic E-state index is 0.316. The Balaban J connectivity index is 1.53. The van der Waals surface area contributed by atoms with Crippen LogP contribution in [0.3, 0.4) is 0 Å². The summed E-state index contributed by atoms with van der Waals surface area (Å²) in [5, 5.41) is 20.7. The number of tetrazole rings is 1. The number of amides is 1. The molecule has 0 unspecified atom stereocenters. The first-order valence-electron chi connectivity index (χ1n) is 10.0. The highest BCUT2D eigenvalue weighted by Gasteiger charge is 2.22. The Hall–Kier alpha value is -4.61. The second-order valence-electron chi connectivity index (χ2n) is 7.06. The van der Waals surface area contributed by atoms with Crippen LogP contribution in [0.25, 0.3) is 11.4 Å². The van der Waals surface area contributed by atoms with Crippen LogP contribution < -0.4 is 20.7 Å². The number of ether oxygens (including phenoxy) is 1. The van der Waals surface area contributed by atoms with Crippen LogP contribution in [0.1, 0.15) is 10.4 Å². The van der Waals surface area contributed by atoms with Crippen LogP contribution in [-0.4, -0.2) is 49.7 Å². The van der Waals surface area contributed by atoms with Crippen LogP contribution in [0, 0.1) is 5.82 Å². The molecule has 0 saturated carbocycles. The Morgan fingerprint density at radius 1 is 1.09 bits per heavy atom. The molecule has 12 heteroatoms. The highest BCUT2D eigenvalue weighted by atomic mass is 19.1. The number of hydrogen-bond donors (Lipinski definition) is 3. The van der Waals surface area contributed by atoms with E-state index >= 15 is 0 Å². The second kappa shape index (κ2) is 8.49. The summed E-state index contributed by atoms with van der Waals surface area (Å²) in [7, 11) is 1.54. The zero-order chi connectivity index (χ0) is 22.8. The molecule has 0 atom stereocenters. The molecule has 0 saturated heterocycles. The van der Waals surface area contributed by atoms with Crippen LogP contribution in [0.4, 0.5) is 27.4 Å². The van der Waals surface area contributed by atoms with E-state index in [4.69, 9.17) is 4.74 Å². The quantitative estimate of drug-likeness (QED) is 0.422. The van der Waals surface area contributed by atoms with Crippen molar-refractivity contribution in [1.82, 2.24) is 35.5 Å². The van der Waals surface area contributed by atoms with Gasteiger partial charge in [0, 0.05) is 19.3 Å². The molecule has 0 aliphatic carbocycles. The summed E-state index contributed by atoms with van der Waals surface area (Å²) in [5.74, 6) is 1.23. The van der Waals surface area contributed by atoms with Crippen molar-refractivity contribution in [3.63, 3.8) is 0 Å².